The molecule has 0 aromatic heterocycles. The summed E-state index contributed by atoms with van der Waals surface area (Å²) in [6, 6.07) is 10.7. The van der Waals surface area contributed by atoms with Gasteiger partial charge in [0.25, 0.3) is 0 Å². The number of aryl methyl sites for hydroxylation is 1. The SMILES string of the molecule is CC(CCc1ccccc1)NC(=O)C1CCNC1.Cl. The Bertz CT molecular complexity index is 377. The first kappa shape index (κ1) is 16.0. The Kier molecular flexibility index (Phi) is 6.89. The second kappa shape index (κ2) is 8.18. The van der Waals surface area contributed by atoms with Crippen LogP contribution in [0.1, 0.15) is 25.3 Å². The molecule has 1 amide bonds. The van der Waals surface area contributed by atoms with Gasteiger partial charge in [-0.2, -0.15) is 0 Å². The van der Waals surface area contributed by atoms with Crippen molar-refractivity contribution in [1.29, 1.82) is 0 Å². The number of nitrogens with one attached hydrogen (secondary N) is 2. The standard InChI is InChI=1S/C15H22N2O.ClH/c1-12(7-8-13-5-3-2-4-6-13)17-15(18)14-9-10-16-11-14;/h2-6,12,14,16H,7-11H2,1H3,(H,17,18);1H. The maximum Gasteiger partial charge on any atom is 0.224 e. The average molecular weight is 283 g/mol. The number of halogens is 1. The highest BCUT2D eigenvalue weighted by Crippen LogP contribution is 2.09. The maximum atomic E-state index is 11.9. The zero-order valence-electron chi connectivity index (χ0n) is 11.4. The summed E-state index contributed by atoms with van der Waals surface area (Å²) in [5, 5.41) is 6.34. The molecule has 0 bridgehead atoms. The van der Waals surface area contributed by atoms with Crippen LogP contribution in [0.4, 0.5) is 0 Å². The van der Waals surface area contributed by atoms with E-state index in [0.717, 1.165) is 32.4 Å². The molecule has 1 aromatic carbocycles. The van der Waals surface area contributed by atoms with Crippen LogP contribution in [0.3, 0.4) is 0 Å². The summed E-state index contributed by atoms with van der Waals surface area (Å²) in [5.41, 5.74) is 1.33. The molecule has 1 heterocycles. The number of carbonyl (C=O) groups is 1. The lowest BCUT2D eigenvalue weighted by atomic mass is 10.0. The molecule has 2 atom stereocenters. The summed E-state index contributed by atoms with van der Waals surface area (Å²) in [6.45, 7) is 3.89. The molecule has 3 nitrogen and oxygen atoms in total. The molecule has 2 N–H and O–H groups in total. The Morgan fingerprint density at radius 2 is 2.16 bits per heavy atom. The lowest BCUT2D eigenvalue weighted by Gasteiger charge is -2.16. The van der Waals surface area contributed by atoms with Gasteiger partial charge >= 0.3 is 0 Å². The first-order chi connectivity index (χ1) is 8.75. The molecule has 19 heavy (non-hydrogen) atoms. The van der Waals surface area contributed by atoms with Crippen LogP contribution in [-0.4, -0.2) is 25.0 Å². The molecule has 106 valence electrons. The largest absolute Gasteiger partial charge is 0.353 e. The maximum absolute atomic E-state index is 11.9. The van der Waals surface area contributed by atoms with Crippen LogP contribution in [0, 0.1) is 5.92 Å². The van der Waals surface area contributed by atoms with Gasteiger partial charge in [-0.25, -0.2) is 0 Å². The summed E-state index contributed by atoms with van der Waals surface area (Å²) in [5.74, 6) is 0.379. The van der Waals surface area contributed by atoms with Crippen molar-refractivity contribution in [3.05, 3.63) is 35.9 Å². The van der Waals surface area contributed by atoms with Gasteiger partial charge in [-0.1, -0.05) is 30.3 Å². The van der Waals surface area contributed by atoms with Crippen molar-refractivity contribution in [1.82, 2.24) is 10.6 Å². The Hall–Kier alpha value is -1.06. The van der Waals surface area contributed by atoms with Crippen LogP contribution in [0.2, 0.25) is 0 Å². The van der Waals surface area contributed by atoms with Crippen LogP contribution in [0.25, 0.3) is 0 Å². The van der Waals surface area contributed by atoms with E-state index in [-0.39, 0.29) is 30.3 Å². The van der Waals surface area contributed by atoms with Gasteiger partial charge in [0.15, 0.2) is 0 Å². The van der Waals surface area contributed by atoms with Crippen LogP contribution in [0.5, 0.6) is 0 Å². The Morgan fingerprint density at radius 1 is 1.42 bits per heavy atom. The van der Waals surface area contributed by atoms with Gasteiger partial charge in [0, 0.05) is 12.6 Å². The van der Waals surface area contributed by atoms with Crippen LogP contribution in [0.15, 0.2) is 30.3 Å². The van der Waals surface area contributed by atoms with Crippen molar-refractivity contribution in [2.75, 3.05) is 13.1 Å². The third kappa shape index (κ3) is 5.21. The van der Waals surface area contributed by atoms with Crippen LogP contribution in [-0.2, 0) is 11.2 Å². The van der Waals surface area contributed by atoms with Crippen molar-refractivity contribution in [3.63, 3.8) is 0 Å². The number of carbonyl (C=O) groups excluding carboxylic acids is 1. The third-order valence-corrected chi connectivity index (χ3v) is 3.53. The Morgan fingerprint density at radius 3 is 2.79 bits per heavy atom. The number of rotatable bonds is 5. The van der Waals surface area contributed by atoms with Gasteiger partial charge in [0.2, 0.25) is 5.91 Å². The van der Waals surface area contributed by atoms with E-state index in [2.05, 4.69) is 41.8 Å². The molecular formula is C15H23ClN2O. The molecule has 0 radical (unpaired) electrons. The first-order valence-electron chi connectivity index (χ1n) is 6.80. The molecule has 1 aliphatic rings. The van der Waals surface area contributed by atoms with E-state index < -0.39 is 0 Å². The number of benzene rings is 1. The fraction of sp³-hybridized carbons (Fsp3) is 0.533. The minimum Gasteiger partial charge on any atom is -0.353 e. The third-order valence-electron chi connectivity index (χ3n) is 3.53. The van der Waals surface area contributed by atoms with Gasteiger partial charge in [-0.3, -0.25) is 4.79 Å². The zero-order chi connectivity index (χ0) is 12.8. The molecule has 0 spiro atoms. The first-order valence-corrected chi connectivity index (χ1v) is 6.80. The van der Waals surface area contributed by atoms with E-state index in [1.54, 1.807) is 0 Å². The zero-order valence-corrected chi connectivity index (χ0v) is 12.2. The summed E-state index contributed by atoms with van der Waals surface area (Å²) in [7, 11) is 0. The fourth-order valence-electron chi connectivity index (χ4n) is 2.34. The van der Waals surface area contributed by atoms with Crippen LogP contribution < -0.4 is 10.6 Å². The second-order valence-electron chi connectivity index (χ2n) is 5.12. The Labute approximate surface area is 121 Å². The average Bonchev–Trinajstić information content (AvgIpc) is 2.91. The van der Waals surface area contributed by atoms with Crippen molar-refractivity contribution >= 4 is 18.3 Å². The summed E-state index contributed by atoms with van der Waals surface area (Å²) in [4.78, 5) is 11.9. The van der Waals surface area contributed by atoms with Gasteiger partial charge in [-0.15, -0.1) is 12.4 Å². The van der Waals surface area contributed by atoms with E-state index in [1.165, 1.54) is 5.56 Å². The van der Waals surface area contributed by atoms with Gasteiger partial charge in [-0.05, 0) is 38.3 Å². The second-order valence-corrected chi connectivity index (χ2v) is 5.12. The Balaban J connectivity index is 0.00000180. The minimum atomic E-state index is 0. The molecular weight excluding hydrogens is 260 g/mol. The normalized spacial score (nSPS) is 19.5. The summed E-state index contributed by atoms with van der Waals surface area (Å²) in [6.07, 6.45) is 2.98. The van der Waals surface area contributed by atoms with Crippen molar-refractivity contribution < 1.29 is 4.79 Å². The van der Waals surface area contributed by atoms with Crippen molar-refractivity contribution in [3.8, 4) is 0 Å². The van der Waals surface area contributed by atoms with Crippen molar-refractivity contribution in [2.24, 2.45) is 5.92 Å². The molecule has 1 fully saturated rings. The highest BCUT2D eigenvalue weighted by Gasteiger charge is 2.23. The highest BCUT2D eigenvalue weighted by molar-refractivity contribution is 5.85. The molecule has 0 aliphatic carbocycles. The number of amides is 1. The molecule has 2 rings (SSSR count). The van der Waals surface area contributed by atoms with E-state index in [0.29, 0.717) is 0 Å². The highest BCUT2D eigenvalue weighted by atomic mass is 35.5. The summed E-state index contributed by atoms with van der Waals surface area (Å²) >= 11 is 0. The van der Waals surface area contributed by atoms with E-state index >= 15 is 0 Å². The predicted octanol–water partition coefficient (Wildman–Crippen LogP) is 2.16. The smallest absolute Gasteiger partial charge is 0.224 e. The van der Waals surface area contributed by atoms with E-state index in [4.69, 9.17) is 0 Å². The van der Waals surface area contributed by atoms with Gasteiger partial charge in [0.05, 0.1) is 5.92 Å². The molecule has 4 heteroatoms. The molecule has 1 saturated heterocycles. The summed E-state index contributed by atoms with van der Waals surface area (Å²) < 4.78 is 0. The number of hydrogen-bond donors (Lipinski definition) is 2. The molecule has 1 aliphatic heterocycles. The van der Waals surface area contributed by atoms with E-state index in [9.17, 15) is 4.79 Å². The molecule has 2 unspecified atom stereocenters. The monoisotopic (exact) mass is 282 g/mol. The topological polar surface area (TPSA) is 41.1 Å². The van der Waals surface area contributed by atoms with Gasteiger partial charge < -0.3 is 10.6 Å². The van der Waals surface area contributed by atoms with Crippen LogP contribution >= 0.6 is 12.4 Å². The van der Waals surface area contributed by atoms with Gasteiger partial charge in [0.1, 0.15) is 0 Å². The lowest BCUT2D eigenvalue weighted by Crippen LogP contribution is -2.38. The predicted molar refractivity (Wildman–Crippen MR) is 80.6 cm³/mol. The molecule has 0 saturated carbocycles. The molecule has 1 aromatic rings. The van der Waals surface area contributed by atoms with E-state index in [1.807, 2.05) is 6.07 Å². The minimum absolute atomic E-state index is 0. The fourth-order valence-corrected chi connectivity index (χ4v) is 2.34. The number of hydrogen-bond acceptors (Lipinski definition) is 2. The van der Waals surface area contributed by atoms with Crippen molar-refractivity contribution in [2.45, 2.75) is 32.2 Å². The quantitative estimate of drug-likeness (QED) is 0.869. The lowest BCUT2D eigenvalue weighted by molar-refractivity contribution is -0.125.